The third-order valence-corrected chi connectivity index (χ3v) is 4.19. The lowest BCUT2D eigenvalue weighted by atomic mass is 10.2. The Hall–Kier alpha value is -1.84. The van der Waals surface area contributed by atoms with Crippen molar-refractivity contribution >= 4 is 23.2 Å². The van der Waals surface area contributed by atoms with Crippen molar-refractivity contribution in [2.24, 2.45) is 5.73 Å². The third kappa shape index (κ3) is 3.63. The van der Waals surface area contributed by atoms with Crippen LogP contribution in [0.15, 0.2) is 12.1 Å². The van der Waals surface area contributed by atoms with Gasteiger partial charge in [-0.2, -0.15) is 0 Å². The van der Waals surface area contributed by atoms with Gasteiger partial charge in [-0.3, -0.25) is 4.79 Å². The predicted molar refractivity (Wildman–Crippen MR) is 80.9 cm³/mol. The Morgan fingerprint density at radius 2 is 2.33 bits per heavy atom. The van der Waals surface area contributed by atoms with E-state index in [-0.39, 0.29) is 18.4 Å². The molecule has 0 bridgehead atoms. The second-order valence-corrected chi connectivity index (χ2v) is 5.66. The van der Waals surface area contributed by atoms with E-state index in [0.29, 0.717) is 24.4 Å². The maximum absolute atomic E-state index is 12.5. The number of nitrogens with zero attached hydrogens (tertiary/aromatic N) is 1. The highest BCUT2D eigenvalue weighted by molar-refractivity contribution is 7.14. The van der Waals surface area contributed by atoms with Crippen LogP contribution in [0, 0.1) is 11.8 Å². The third-order valence-electron chi connectivity index (χ3n) is 3.20. The van der Waals surface area contributed by atoms with E-state index in [4.69, 9.17) is 10.5 Å². The summed E-state index contributed by atoms with van der Waals surface area (Å²) in [5.41, 5.74) is 5.33. The summed E-state index contributed by atoms with van der Waals surface area (Å²) in [6, 6.07) is 3.09. The lowest BCUT2D eigenvalue weighted by Crippen LogP contribution is -2.41. The molecule has 5 nitrogen and oxygen atoms in total. The monoisotopic (exact) mass is 306 g/mol. The first-order valence-electron chi connectivity index (χ1n) is 6.93. The number of rotatable bonds is 3. The minimum Gasteiger partial charge on any atom is -0.464 e. The van der Waals surface area contributed by atoms with Gasteiger partial charge in [-0.25, -0.2) is 4.79 Å². The van der Waals surface area contributed by atoms with Crippen LogP contribution in [0.4, 0.5) is 0 Å². The zero-order valence-electron chi connectivity index (χ0n) is 11.9. The van der Waals surface area contributed by atoms with Crippen LogP contribution < -0.4 is 5.73 Å². The molecule has 1 aliphatic rings. The Kier molecular flexibility index (Phi) is 5.37. The lowest BCUT2D eigenvalue weighted by molar-refractivity contribution is -0.147. The Bertz CT molecular complexity index is 585. The average Bonchev–Trinajstić information content (AvgIpc) is 3.13. The molecule has 1 fully saturated rings. The Morgan fingerprint density at radius 3 is 3.05 bits per heavy atom. The van der Waals surface area contributed by atoms with Crippen molar-refractivity contribution in [2.45, 2.75) is 25.8 Å². The van der Waals surface area contributed by atoms with Gasteiger partial charge < -0.3 is 15.4 Å². The highest BCUT2D eigenvalue weighted by atomic mass is 32.1. The van der Waals surface area contributed by atoms with Crippen LogP contribution in [0.5, 0.6) is 0 Å². The van der Waals surface area contributed by atoms with E-state index in [0.717, 1.165) is 11.3 Å². The number of thiophene rings is 1. The van der Waals surface area contributed by atoms with Gasteiger partial charge in [0.15, 0.2) is 0 Å². The summed E-state index contributed by atoms with van der Waals surface area (Å²) in [5.74, 6) is 5.22. The number of hydrogen-bond acceptors (Lipinski definition) is 5. The van der Waals surface area contributed by atoms with Gasteiger partial charge in [-0.1, -0.05) is 11.8 Å². The van der Waals surface area contributed by atoms with Gasteiger partial charge in [-0.15, -0.1) is 11.3 Å². The molecular weight excluding hydrogens is 288 g/mol. The highest BCUT2D eigenvalue weighted by Crippen LogP contribution is 2.24. The molecule has 1 aromatic rings. The van der Waals surface area contributed by atoms with E-state index in [1.54, 1.807) is 24.0 Å². The second kappa shape index (κ2) is 7.25. The fraction of sp³-hybridized carbons (Fsp3) is 0.467. The minimum atomic E-state index is -0.460. The van der Waals surface area contributed by atoms with Gasteiger partial charge in [0, 0.05) is 6.54 Å². The van der Waals surface area contributed by atoms with Crippen molar-refractivity contribution in [3.63, 3.8) is 0 Å². The smallest absolute Gasteiger partial charge is 0.328 e. The molecule has 2 rings (SSSR count). The molecule has 0 saturated carbocycles. The van der Waals surface area contributed by atoms with Crippen molar-refractivity contribution in [3.8, 4) is 11.8 Å². The Labute approximate surface area is 128 Å². The van der Waals surface area contributed by atoms with Crippen molar-refractivity contribution in [3.05, 3.63) is 21.9 Å². The number of nitrogens with two attached hydrogens (primary N) is 1. The molecule has 0 aromatic carbocycles. The van der Waals surface area contributed by atoms with Crippen LogP contribution in [0.1, 0.15) is 34.3 Å². The largest absolute Gasteiger partial charge is 0.464 e. The van der Waals surface area contributed by atoms with E-state index in [2.05, 4.69) is 11.8 Å². The molecule has 112 valence electrons. The number of carbonyl (C=O) groups is 2. The van der Waals surface area contributed by atoms with Crippen LogP contribution in [0.2, 0.25) is 0 Å². The molecule has 1 aliphatic heterocycles. The SMILES string of the molecule is CCOC(=O)C1CCCN1C(=O)c1ccc(C#CCN)s1. The lowest BCUT2D eigenvalue weighted by Gasteiger charge is -2.22. The number of hydrogen-bond donors (Lipinski definition) is 1. The first-order chi connectivity index (χ1) is 10.2. The molecule has 0 spiro atoms. The number of likely N-dealkylation sites (tertiary alicyclic amines) is 1. The van der Waals surface area contributed by atoms with E-state index in [1.807, 2.05) is 0 Å². The molecule has 1 amide bonds. The molecule has 2 heterocycles. The van der Waals surface area contributed by atoms with Crippen molar-refractivity contribution in [1.82, 2.24) is 4.90 Å². The van der Waals surface area contributed by atoms with E-state index in [1.165, 1.54) is 11.3 Å². The number of esters is 1. The molecule has 0 aliphatic carbocycles. The fourth-order valence-electron chi connectivity index (χ4n) is 2.29. The van der Waals surface area contributed by atoms with Crippen LogP contribution in [-0.2, 0) is 9.53 Å². The zero-order chi connectivity index (χ0) is 15.2. The summed E-state index contributed by atoms with van der Waals surface area (Å²) in [6.45, 7) is 2.97. The van der Waals surface area contributed by atoms with Crippen molar-refractivity contribution in [1.29, 1.82) is 0 Å². The molecule has 1 unspecified atom stereocenters. The first-order valence-corrected chi connectivity index (χ1v) is 7.75. The van der Waals surface area contributed by atoms with Crippen molar-refractivity contribution in [2.75, 3.05) is 19.7 Å². The van der Waals surface area contributed by atoms with Crippen LogP contribution in [0.25, 0.3) is 0 Å². The van der Waals surface area contributed by atoms with Gasteiger partial charge >= 0.3 is 5.97 Å². The van der Waals surface area contributed by atoms with Crippen LogP contribution in [0.3, 0.4) is 0 Å². The summed E-state index contributed by atoms with van der Waals surface area (Å²) in [4.78, 5) is 27.4. The number of amides is 1. The van der Waals surface area contributed by atoms with Crippen molar-refractivity contribution < 1.29 is 14.3 Å². The molecule has 21 heavy (non-hydrogen) atoms. The molecule has 1 atom stereocenters. The average molecular weight is 306 g/mol. The van der Waals surface area contributed by atoms with Crippen LogP contribution >= 0.6 is 11.3 Å². The zero-order valence-corrected chi connectivity index (χ0v) is 12.7. The van der Waals surface area contributed by atoms with Crippen LogP contribution in [-0.4, -0.2) is 42.5 Å². The quantitative estimate of drug-likeness (QED) is 0.673. The van der Waals surface area contributed by atoms with E-state index < -0.39 is 6.04 Å². The molecule has 1 saturated heterocycles. The minimum absolute atomic E-state index is 0.128. The second-order valence-electron chi connectivity index (χ2n) is 4.58. The molecule has 6 heteroatoms. The normalized spacial score (nSPS) is 17.2. The Balaban J connectivity index is 2.11. The first kappa shape index (κ1) is 15.5. The molecule has 2 N–H and O–H groups in total. The van der Waals surface area contributed by atoms with Gasteiger partial charge in [0.25, 0.3) is 5.91 Å². The summed E-state index contributed by atoms with van der Waals surface area (Å²) in [5, 5.41) is 0. The Morgan fingerprint density at radius 1 is 1.52 bits per heavy atom. The molecule has 1 aromatic heterocycles. The maximum Gasteiger partial charge on any atom is 0.328 e. The number of ether oxygens (including phenoxy) is 1. The van der Waals surface area contributed by atoms with Gasteiger partial charge in [0.05, 0.1) is 22.9 Å². The molecule has 0 radical (unpaired) electrons. The molecular formula is C15H18N2O3S. The summed E-state index contributed by atoms with van der Waals surface area (Å²) in [6.07, 6.45) is 1.48. The van der Waals surface area contributed by atoms with Gasteiger partial charge in [0.2, 0.25) is 0 Å². The standard InChI is InChI=1S/C15H18N2O3S/c1-2-20-15(19)12-6-4-10-17(12)14(18)13-8-7-11(21-13)5-3-9-16/h7-8,12H,2,4,6,9-10,16H2,1H3. The van der Waals surface area contributed by atoms with Gasteiger partial charge in [-0.05, 0) is 31.9 Å². The summed E-state index contributed by atoms with van der Waals surface area (Å²) >= 11 is 1.32. The van der Waals surface area contributed by atoms with E-state index in [9.17, 15) is 9.59 Å². The van der Waals surface area contributed by atoms with Gasteiger partial charge in [0.1, 0.15) is 6.04 Å². The fourth-order valence-corrected chi connectivity index (χ4v) is 3.13. The van der Waals surface area contributed by atoms with E-state index >= 15 is 0 Å². The highest BCUT2D eigenvalue weighted by Gasteiger charge is 2.35. The topological polar surface area (TPSA) is 72.6 Å². The summed E-state index contributed by atoms with van der Waals surface area (Å²) < 4.78 is 5.03. The summed E-state index contributed by atoms with van der Waals surface area (Å²) in [7, 11) is 0. The maximum atomic E-state index is 12.5. The predicted octanol–water partition coefficient (Wildman–Crippen LogP) is 1.23. The number of carbonyl (C=O) groups excluding carboxylic acids is 2.